The van der Waals surface area contributed by atoms with E-state index < -0.39 is 0 Å². The molecule has 1 aromatic rings. The summed E-state index contributed by atoms with van der Waals surface area (Å²) in [5.74, 6) is 0. The molecule has 2 unspecified atom stereocenters. The van der Waals surface area contributed by atoms with E-state index in [1.54, 1.807) is 0 Å². The first-order valence-electron chi connectivity index (χ1n) is 4.19. The maximum Gasteiger partial charge on any atom is 0.0709 e. The van der Waals surface area contributed by atoms with Crippen molar-refractivity contribution in [3.63, 3.8) is 0 Å². The van der Waals surface area contributed by atoms with Gasteiger partial charge >= 0.3 is 0 Å². The first-order valence-corrected chi connectivity index (χ1v) is 5.10. The number of fused-ring (bicyclic) bond motifs is 1. The van der Waals surface area contributed by atoms with Crippen molar-refractivity contribution in [1.82, 2.24) is 0 Å². The minimum atomic E-state index is -0.222. The highest BCUT2D eigenvalue weighted by Gasteiger charge is 2.24. The summed E-state index contributed by atoms with van der Waals surface area (Å²) >= 11 is 3.50. The van der Waals surface area contributed by atoms with Gasteiger partial charge in [0.1, 0.15) is 0 Å². The van der Waals surface area contributed by atoms with Gasteiger partial charge in [0, 0.05) is 0 Å². The predicted molar refractivity (Wildman–Crippen MR) is 52.4 cm³/mol. The van der Waals surface area contributed by atoms with Crippen molar-refractivity contribution in [2.45, 2.75) is 23.8 Å². The van der Waals surface area contributed by atoms with Crippen LogP contribution in [0.2, 0.25) is 0 Å². The molecule has 1 aromatic carbocycles. The van der Waals surface area contributed by atoms with E-state index in [9.17, 15) is 5.11 Å². The number of aliphatic hydroxyl groups is 1. The molecule has 1 aliphatic carbocycles. The quantitative estimate of drug-likeness (QED) is 0.675. The second-order valence-corrected chi connectivity index (χ2v) is 4.19. The van der Waals surface area contributed by atoms with E-state index in [4.69, 9.17) is 0 Å². The van der Waals surface area contributed by atoms with Crippen LogP contribution in [0.15, 0.2) is 24.3 Å². The predicted octanol–water partition coefficient (Wildman–Crippen LogP) is 2.43. The first-order chi connectivity index (χ1) is 5.79. The third-order valence-electron chi connectivity index (χ3n) is 2.40. The van der Waals surface area contributed by atoms with Gasteiger partial charge in [-0.25, -0.2) is 0 Å². The van der Waals surface area contributed by atoms with E-state index in [1.165, 1.54) is 11.1 Å². The highest BCUT2D eigenvalue weighted by Crippen LogP contribution is 2.35. The fraction of sp³-hybridized carbons (Fsp3) is 0.400. The number of hydrogen-bond acceptors (Lipinski definition) is 1. The Morgan fingerprint density at radius 2 is 2.08 bits per heavy atom. The Labute approximate surface area is 80.5 Å². The second-order valence-electron chi connectivity index (χ2n) is 3.21. The summed E-state index contributed by atoms with van der Waals surface area (Å²) in [5, 5.41) is 9.58. The van der Waals surface area contributed by atoms with Gasteiger partial charge in [-0.15, -0.1) is 0 Å². The molecular formula is C10H11BrO. The average Bonchev–Trinajstić information content (AvgIpc) is 2.12. The second kappa shape index (κ2) is 3.19. The van der Waals surface area contributed by atoms with Crippen LogP contribution in [-0.4, -0.2) is 11.2 Å². The normalized spacial score (nSPS) is 28.2. The molecule has 0 fully saturated rings. The third-order valence-corrected chi connectivity index (χ3v) is 3.50. The highest BCUT2D eigenvalue weighted by molar-refractivity contribution is 9.09. The number of benzene rings is 1. The van der Waals surface area contributed by atoms with Crippen molar-refractivity contribution in [3.8, 4) is 0 Å². The molecule has 0 saturated heterocycles. The summed E-state index contributed by atoms with van der Waals surface area (Å²) in [7, 11) is 0. The molecule has 64 valence electrons. The van der Waals surface area contributed by atoms with Crippen molar-refractivity contribution in [2.75, 3.05) is 0 Å². The summed E-state index contributed by atoms with van der Waals surface area (Å²) in [6.07, 6.45) is 1.65. The average molecular weight is 227 g/mol. The fourth-order valence-electron chi connectivity index (χ4n) is 1.69. The molecule has 0 aromatic heterocycles. The van der Waals surface area contributed by atoms with Gasteiger partial charge in [-0.1, -0.05) is 40.2 Å². The van der Waals surface area contributed by atoms with Gasteiger partial charge in [-0.2, -0.15) is 0 Å². The molecule has 2 atom stereocenters. The number of aliphatic hydroxyl groups excluding tert-OH is 1. The molecule has 1 N–H and O–H groups in total. The van der Waals surface area contributed by atoms with Gasteiger partial charge in [-0.05, 0) is 24.0 Å². The Morgan fingerprint density at radius 3 is 2.92 bits per heavy atom. The van der Waals surface area contributed by atoms with Crippen LogP contribution in [-0.2, 0) is 6.42 Å². The van der Waals surface area contributed by atoms with Gasteiger partial charge in [0.05, 0.1) is 10.9 Å². The van der Waals surface area contributed by atoms with Crippen molar-refractivity contribution >= 4 is 15.9 Å². The van der Waals surface area contributed by atoms with E-state index in [0.29, 0.717) is 0 Å². The molecule has 0 amide bonds. The van der Waals surface area contributed by atoms with E-state index in [-0.39, 0.29) is 10.9 Å². The lowest BCUT2D eigenvalue weighted by atomic mass is 9.90. The number of rotatable bonds is 0. The van der Waals surface area contributed by atoms with Crippen LogP contribution in [0.3, 0.4) is 0 Å². The molecule has 0 radical (unpaired) electrons. The summed E-state index contributed by atoms with van der Waals surface area (Å²) in [4.78, 5) is 0.127. The van der Waals surface area contributed by atoms with Gasteiger partial charge in [0.15, 0.2) is 0 Å². The third kappa shape index (κ3) is 1.29. The van der Waals surface area contributed by atoms with Crippen molar-refractivity contribution in [3.05, 3.63) is 35.4 Å². The van der Waals surface area contributed by atoms with Gasteiger partial charge in [0.25, 0.3) is 0 Å². The summed E-state index contributed by atoms with van der Waals surface area (Å²) in [5.41, 5.74) is 2.61. The van der Waals surface area contributed by atoms with E-state index in [1.807, 2.05) is 6.07 Å². The molecule has 1 nitrogen and oxygen atoms in total. The van der Waals surface area contributed by atoms with Crippen LogP contribution in [0.4, 0.5) is 0 Å². The molecule has 1 aliphatic rings. The zero-order valence-electron chi connectivity index (χ0n) is 6.70. The van der Waals surface area contributed by atoms with Crippen LogP contribution in [0.25, 0.3) is 0 Å². The van der Waals surface area contributed by atoms with Crippen molar-refractivity contribution < 1.29 is 5.11 Å². The Balaban J connectivity index is 2.42. The fourth-order valence-corrected chi connectivity index (χ4v) is 2.40. The summed E-state index contributed by atoms with van der Waals surface area (Å²) < 4.78 is 0. The standard InChI is InChI=1S/C10H11BrO/c11-10-8-4-2-1-3-7(8)5-6-9(10)12/h1-4,9-10,12H,5-6H2. The number of aryl methyl sites for hydroxylation is 1. The molecular weight excluding hydrogens is 216 g/mol. The van der Waals surface area contributed by atoms with Crippen molar-refractivity contribution in [2.24, 2.45) is 0 Å². The largest absolute Gasteiger partial charge is 0.392 e. The van der Waals surface area contributed by atoms with Crippen LogP contribution in [0.1, 0.15) is 22.4 Å². The monoisotopic (exact) mass is 226 g/mol. The topological polar surface area (TPSA) is 20.2 Å². The molecule has 0 heterocycles. The Kier molecular flexibility index (Phi) is 2.20. The number of alkyl halides is 1. The van der Waals surface area contributed by atoms with Gasteiger partial charge in [-0.3, -0.25) is 0 Å². The molecule has 0 aliphatic heterocycles. The van der Waals surface area contributed by atoms with Crippen LogP contribution >= 0.6 is 15.9 Å². The van der Waals surface area contributed by atoms with Crippen LogP contribution in [0.5, 0.6) is 0 Å². The van der Waals surface area contributed by atoms with Gasteiger partial charge < -0.3 is 5.11 Å². The van der Waals surface area contributed by atoms with Crippen LogP contribution < -0.4 is 0 Å². The summed E-state index contributed by atoms with van der Waals surface area (Å²) in [6.45, 7) is 0. The first kappa shape index (κ1) is 8.27. The molecule has 2 heteroatoms. The summed E-state index contributed by atoms with van der Waals surface area (Å²) in [6, 6.07) is 8.29. The van der Waals surface area contributed by atoms with Gasteiger partial charge in [0.2, 0.25) is 0 Å². The highest BCUT2D eigenvalue weighted by atomic mass is 79.9. The minimum absolute atomic E-state index is 0.127. The van der Waals surface area contributed by atoms with Crippen molar-refractivity contribution in [1.29, 1.82) is 0 Å². The number of hydrogen-bond donors (Lipinski definition) is 1. The number of halogens is 1. The Bertz CT molecular complexity index is 285. The maximum atomic E-state index is 9.58. The van der Waals surface area contributed by atoms with E-state index >= 15 is 0 Å². The zero-order chi connectivity index (χ0) is 8.55. The Hall–Kier alpha value is -0.340. The molecule has 0 saturated carbocycles. The SMILES string of the molecule is OC1CCc2ccccc2C1Br. The lowest BCUT2D eigenvalue weighted by Gasteiger charge is -2.25. The van der Waals surface area contributed by atoms with E-state index in [0.717, 1.165) is 12.8 Å². The zero-order valence-corrected chi connectivity index (χ0v) is 8.29. The minimum Gasteiger partial charge on any atom is -0.392 e. The molecule has 12 heavy (non-hydrogen) atoms. The maximum absolute atomic E-state index is 9.58. The molecule has 0 bridgehead atoms. The van der Waals surface area contributed by atoms with E-state index in [2.05, 4.69) is 34.1 Å². The van der Waals surface area contributed by atoms with Crippen LogP contribution in [0, 0.1) is 0 Å². The lowest BCUT2D eigenvalue weighted by molar-refractivity contribution is 0.157. The Morgan fingerprint density at radius 1 is 1.33 bits per heavy atom. The lowest BCUT2D eigenvalue weighted by Crippen LogP contribution is -2.20. The molecule has 2 rings (SSSR count). The smallest absolute Gasteiger partial charge is 0.0709 e. The molecule has 0 spiro atoms.